The second kappa shape index (κ2) is 8.13. The van der Waals surface area contributed by atoms with E-state index in [2.05, 4.69) is 6.07 Å². The number of hydrogen-bond acceptors (Lipinski definition) is 3. The quantitative estimate of drug-likeness (QED) is 0.664. The van der Waals surface area contributed by atoms with Crippen LogP contribution in [0.4, 0.5) is 0 Å². The van der Waals surface area contributed by atoms with E-state index < -0.39 is 12.2 Å². The van der Waals surface area contributed by atoms with Gasteiger partial charge in [-0.2, -0.15) is 5.26 Å². The van der Waals surface area contributed by atoms with Gasteiger partial charge < -0.3 is 9.64 Å². The number of nitrogens with zero attached hydrogens (tertiary/aromatic N) is 2. The van der Waals surface area contributed by atoms with Crippen molar-refractivity contribution in [2.45, 2.75) is 37.5 Å². The van der Waals surface area contributed by atoms with Crippen molar-refractivity contribution in [3.63, 3.8) is 0 Å². The van der Waals surface area contributed by atoms with Gasteiger partial charge in [0.25, 0.3) is 5.91 Å². The fourth-order valence-corrected chi connectivity index (χ4v) is 4.08. The minimum absolute atomic E-state index is 0.0321. The van der Waals surface area contributed by atoms with Crippen LogP contribution in [0.1, 0.15) is 42.5 Å². The third-order valence-corrected chi connectivity index (χ3v) is 5.80. The summed E-state index contributed by atoms with van der Waals surface area (Å²) in [6.07, 6.45) is 1.11. The lowest BCUT2D eigenvalue weighted by Crippen LogP contribution is -2.51. The van der Waals surface area contributed by atoms with E-state index in [-0.39, 0.29) is 18.4 Å². The molecule has 1 aliphatic heterocycles. The first-order valence-corrected chi connectivity index (χ1v) is 10.2. The van der Waals surface area contributed by atoms with E-state index >= 15 is 0 Å². The summed E-state index contributed by atoms with van der Waals surface area (Å²) >= 11 is 12.3. The van der Waals surface area contributed by atoms with Crippen molar-refractivity contribution in [3.8, 4) is 6.07 Å². The summed E-state index contributed by atoms with van der Waals surface area (Å²) in [4.78, 5) is 15.1. The Morgan fingerprint density at radius 1 is 1.07 bits per heavy atom. The van der Waals surface area contributed by atoms with Crippen molar-refractivity contribution in [2.24, 2.45) is 5.92 Å². The molecular weight excluding hydrogens is 395 g/mol. The zero-order chi connectivity index (χ0) is 19.7. The predicted octanol–water partition coefficient (Wildman–Crippen LogP) is 5.33. The molecule has 0 aromatic heterocycles. The lowest BCUT2D eigenvalue weighted by Gasteiger charge is -2.44. The zero-order valence-electron chi connectivity index (χ0n) is 15.2. The number of carbonyl (C=O) groups excluding carboxylic acids is 1. The number of carbonyl (C=O) groups is 1. The van der Waals surface area contributed by atoms with Gasteiger partial charge in [-0.1, -0.05) is 47.5 Å². The molecule has 1 saturated heterocycles. The van der Waals surface area contributed by atoms with Crippen LogP contribution in [0.25, 0.3) is 0 Å². The number of halogens is 2. The molecule has 28 heavy (non-hydrogen) atoms. The van der Waals surface area contributed by atoms with Gasteiger partial charge in [-0.15, -0.1) is 0 Å². The van der Waals surface area contributed by atoms with Gasteiger partial charge in [0.05, 0.1) is 18.5 Å². The van der Waals surface area contributed by atoms with Crippen molar-refractivity contribution in [3.05, 3.63) is 69.7 Å². The highest BCUT2D eigenvalue weighted by Crippen LogP contribution is 2.45. The first-order chi connectivity index (χ1) is 13.6. The molecule has 1 aliphatic carbocycles. The largest absolute Gasteiger partial charge is 0.357 e. The fraction of sp³-hybridized carbons (Fsp3) is 0.364. The van der Waals surface area contributed by atoms with E-state index in [0.29, 0.717) is 22.5 Å². The molecule has 0 radical (unpaired) electrons. The van der Waals surface area contributed by atoms with Gasteiger partial charge in [0, 0.05) is 16.6 Å². The van der Waals surface area contributed by atoms with Gasteiger partial charge >= 0.3 is 0 Å². The molecule has 0 unspecified atom stereocenters. The monoisotopic (exact) mass is 414 g/mol. The van der Waals surface area contributed by atoms with Gasteiger partial charge in [0.2, 0.25) is 0 Å². The molecule has 144 valence electrons. The lowest BCUT2D eigenvalue weighted by molar-refractivity contribution is -0.174. The van der Waals surface area contributed by atoms with E-state index in [1.165, 1.54) is 0 Å². The van der Waals surface area contributed by atoms with Crippen LogP contribution in [-0.4, -0.2) is 23.5 Å². The number of nitriles is 1. The van der Waals surface area contributed by atoms with Crippen molar-refractivity contribution in [1.29, 1.82) is 5.26 Å². The molecule has 2 fully saturated rings. The maximum Gasteiger partial charge on any atom is 0.253 e. The minimum Gasteiger partial charge on any atom is -0.357 e. The molecule has 6 heteroatoms. The van der Waals surface area contributed by atoms with Crippen LogP contribution < -0.4 is 0 Å². The highest BCUT2D eigenvalue weighted by atomic mass is 35.5. The average Bonchev–Trinajstić information content (AvgIpc) is 3.50. The maximum atomic E-state index is 13.2. The Bertz CT molecular complexity index is 905. The van der Waals surface area contributed by atoms with Crippen molar-refractivity contribution in [2.75, 3.05) is 6.54 Å². The predicted molar refractivity (Wildman–Crippen MR) is 108 cm³/mol. The fourth-order valence-electron chi connectivity index (χ4n) is 3.75. The number of ether oxygens (including phenoxy) is 1. The molecule has 0 N–H and O–H groups in total. The van der Waals surface area contributed by atoms with Crippen LogP contribution in [0.15, 0.2) is 48.5 Å². The molecule has 1 amide bonds. The van der Waals surface area contributed by atoms with E-state index in [1.807, 2.05) is 53.4 Å². The summed E-state index contributed by atoms with van der Waals surface area (Å²) in [5, 5.41) is 10.4. The molecule has 1 saturated carbocycles. The highest BCUT2D eigenvalue weighted by molar-refractivity contribution is 6.30. The summed E-state index contributed by atoms with van der Waals surface area (Å²) in [6.45, 7) is 0.675. The molecule has 0 spiro atoms. The third-order valence-electron chi connectivity index (χ3n) is 5.31. The van der Waals surface area contributed by atoms with Gasteiger partial charge in [0.1, 0.15) is 12.2 Å². The second-order valence-electron chi connectivity index (χ2n) is 7.39. The molecule has 3 atom stereocenters. The lowest BCUT2D eigenvalue weighted by atomic mass is 9.91. The Hall–Kier alpha value is -2.06. The van der Waals surface area contributed by atoms with Crippen molar-refractivity contribution >= 4 is 29.1 Å². The molecule has 4 rings (SSSR count). The number of morpholine rings is 1. The Balaban J connectivity index is 1.79. The number of amides is 1. The van der Waals surface area contributed by atoms with Crippen LogP contribution in [0.2, 0.25) is 10.0 Å². The first-order valence-electron chi connectivity index (χ1n) is 9.40. The smallest absolute Gasteiger partial charge is 0.253 e. The van der Waals surface area contributed by atoms with E-state index in [0.717, 1.165) is 24.0 Å². The third kappa shape index (κ3) is 4.03. The van der Waals surface area contributed by atoms with E-state index in [1.54, 1.807) is 0 Å². The molecule has 2 aliphatic rings. The molecule has 2 aromatic rings. The Labute approximate surface area is 174 Å². The summed E-state index contributed by atoms with van der Waals surface area (Å²) in [7, 11) is 0. The van der Waals surface area contributed by atoms with Crippen LogP contribution in [0.3, 0.4) is 0 Å². The van der Waals surface area contributed by atoms with Crippen LogP contribution in [-0.2, 0) is 9.53 Å². The van der Waals surface area contributed by atoms with E-state index in [9.17, 15) is 10.1 Å². The zero-order valence-corrected chi connectivity index (χ0v) is 16.7. The number of benzene rings is 2. The SMILES string of the molecule is N#CC[C@@H]1O[C@@H](c2cccc(Cl)c2)[C@H](c2ccc(Cl)cc2)N(CC2CC2)C1=O. The first kappa shape index (κ1) is 19.3. The molecule has 0 bridgehead atoms. The van der Waals surface area contributed by atoms with Crippen LogP contribution in [0, 0.1) is 17.2 Å². The standard InChI is InChI=1S/C22H20Cl2N2O2/c23-17-8-6-15(7-9-17)20-21(16-2-1-3-18(24)12-16)28-19(10-11-25)22(27)26(20)13-14-4-5-14/h1-3,6-9,12,14,19-21H,4-5,10,13H2/t19-,20-,21-/m0/s1. The maximum absolute atomic E-state index is 13.2. The Morgan fingerprint density at radius 3 is 2.46 bits per heavy atom. The Morgan fingerprint density at radius 2 is 1.82 bits per heavy atom. The van der Waals surface area contributed by atoms with Gasteiger partial charge in [-0.05, 0) is 54.2 Å². The summed E-state index contributed by atoms with van der Waals surface area (Å²) in [5.74, 6) is 0.395. The molecule has 1 heterocycles. The molecular formula is C22H20Cl2N2O2. The Kier molecular flexibility index (Phi) is 5.59. The normalized spacial score (nSPS) is 24.8. The van der Waals surface area contributed by atoms with Crippen molar-refractivity contribution < 1.29 is 9.53 Å². The van der Waals surface area contributed by atoms with Crippen LogP contribution in [0.5, 0.6) is 0 Å². The summed E-state index contributed by atoms with van der Waals surface area (Å²) in [6, 6.07) is 16.8. The number of hydrogen-bond donors (Lipinski definition) is 0. The molecule has 2 aromatic carbocycles. The minimum atomic E-state index is -0.767. The summed E-state index contributed by atoms with van der Waals surface area (Å²) in [5.41, 5.74) is 1.85. The van der Waals surface area contributed by atoms with Gasteiger partial charge in [-0.25, -0.2) is 0 Å². The summed E-state index contributed by atoms with van der Waals surface area (Å²) < 4.78 is 6.20. The average molecular weight is 415 g/mol. The van der Waals surface area contributed by atoms with E-state index in [4.69, 9.17) is 27.9 Å². The van der Waals surface area contributed by atoms with Gasteiger partial charge in [-0.3, -0.25) is 4.79 Å². The van der Waals surface area contributed by atoms with Gasteiger partial charge in [0.15, 0.2) is 0 Å². The van der Waals surface area contributed by atoms with Crippen molar-refractivity contribution in [1.82, 2.24) is 4.90 Å². The second-order valence-corrected chi connectivity index (χ2v) is 8.27. The topological polar surface area (TPSA) is 53.3 Å². The van der Waals surface area contributed by atoms with Crippen LogP contribution >= 0.6 is 23.2 Å². The number of rotatable bonds is 5. The highest BCUT2D eigenvalue weighted by Gasteiger charge is 2.45. The molecule has 4 nitrogen and oxygen atoms in total.